The third-order valence-corrected chi connectivity index (χ3v) is 1.95. The summed E-state index contributed by atoms with van der Waals surface area (Å²) in [5.74, 6) is 0.395. The smallest absolute Gasteiger partial charge is 0.305 e. The van der Waals surface area contributed by atoms with Crippen molar-refractivity contribution in [1.82, 2.24) is 9.97 Å². The van der Waals surface area contributed by atoms with Crippen molar-refractivity contribution in [2.24, 2.45) is 0 Å². The minimum Gasteiger partial charge on any atom is -0.381 e. The van der Waals surface area contributed by atoms with Crippen molar-refractivity contribution in [1.29, 1.82) is 0 Å². The third-order valence-electron chi connectivity index (χ3n) is 1.95. The molecule has 94 valence electrons. The van der Waals surface area contributed by atoms with Crippen molar-refractivity contribution >= 4 is 11.6 Å². The van der Waals surface area contributed by atoms with Gasteiger partial charge < -0.3 is 10.1 Å². The number of nitrogens with zero attached hydrogens (tertiary/aromatic N) is 3. The highest BCUT2D eigenvalue weighted by atomic mass is 16.6. The molecule has 0 spiro atoms. The Morgan fingerprint density at radius 3 is 2.71 bits per heavy atom. The van der Waals surface area contributed by atoms with Gasteiger partial charge in [0.1, 0.15) is 12.4 Å². The van der Waals surface area contributed by atoms with Crippen molar-refractivity contribution < 1.29 is 9.66 Å². The summed E-state index contributed by atoms with van der Waals surface area (Å²) in [6.45, 7) is 4.20. The maximum Gasteiger partial charge on any atom is 0.305 e. The number of nitro groups is 1. The molecule has 17 heavy (non-hydrogen) atoms. The summed E-state index contributed by atoms with van der Waals surface area (Å²) < 4.78 is 5.30. The molecule has 7 nitrogen and oxygen atoms in total. The first-order valence-corrected chi connectivity index (χ1v) is 5.52. The summed E-state index contributed by atoms with van der Waals surface area (Å²) in [4.78, 5) is 17.5. The Hall–Kier alpha value is -1.76. The van der Waals surface area contributed by atoms with Gasteiger partial charge in [0, 0.05) is 19.8 Å². The zero-order chi connectivity index (χ0) is 12.5. The molecule has 7 heteroatoms. The van der Waals surface area contributed by atoms with E-state index in [0.29, 0.717) is 19.1 Å². The molecule has 1 aromatic heterocycles. The van der Waals surface area contributed by atoms with E-state index in [9.17, 15) is 10.1 Å². The fraction of sp³-hybridized carbons (Fsp3) is 0.600. The largest absolute Gasteiger partial charge is 0.381 e. The first-order valence-electron chi connectivity index (χ1n) is 5.52. The molecule has 0 aliphatic rings. The van der Waals surface area contributed by atoms with E-state index in [1.165, 1.54) is 12.4 Å². The van der Waals surface area contributed by atoms with Crippen molar-refractivity contribution in [3.05, 3.63) is 22.5 Å². The molecule has 0 bridgehead atoms. The Morgan fingerprint density at radius 1 is 1.41 bits per heavy atom. The molecule has 0 aliphatic carbocycles. The second-order valence-corrected chi connectivity index (χ2v) is 3.41. The summed E-state index contributed by atoms with van der Waals surface area (Å²) in [5.41, 5.74) is -0.109. The van der Waals surface area contributed by atoms with Gasteiger partial charge in [-0.2, -0.15) is 0 Å². The topological polar surface area (TPSA) is 90.2 Å². The molecule has 0 saturated heterocycles. The molecule has 0 aliphatic heterocycles. The Bertz CT molecular complexity index is 342. The Kier molecular flexibility index (Phi) is 5.87. The average Bonchev–Trinajstić information content (AvgIpc) is 2.34. The van der Waals surface area contributed by atoms with E-state index in [4.69, 9.17) is 4.74 Å². The summed E-state index contributed by atoms with van der Waals surface area (Å²) in [7, 11) is 0. The monoisotopic (exact) mass is 240 g/mol. The summed E-state index contributed by atoms with van der Waals surface area (Å²) in [6, 6.07) is 0. The van der Waals surface area contributed by atoms with Gasteiger partial charge in [-0.1, -0.05) is 6.92 Å². The summed E-state index contributed by atoms with van der Waals surface area (Å²) in [5, 5.41) is 13.3. The zero-order valence-electron chi connectivity index (χ0n) is 9.76. The highest BCUT2D eigenvalue weighted by Crippen LogP contribution is 2.07. The number of ether oxygens (including phenoxy) is 1. The number of anilines is 1. The molecule has 1 rings (SSSR count). The molecule has 1 N–H and O–H groups in total. The SMILES string of the molecule is CCCOCCCNc1ncc([N+](=O)[O-])cn1. The van der Waals surface area contributed by atoms with Crippen LogP contribution in [-0.4, -0.2) is 34.6 Å². The van der Waals surface area contributed by atoms with Gasteiger partial charge >= 0.3 is 5.69 Å². The molecule has 0 aromatic carbocycles. The van der Waals surface area contributed by atoms with Gasteiger partial charge in [0.15, 0.2) is 0 Å². The minimum atomic E-state index is -0.525. The fourth-order valence-corrected chi connectivity index (χ4v) is 1.13. The maximum atomic E-state index is 10.4. The molecule has 0 unspecified atom stereocenters. The molecule has 0 radical (unpaired) electrons. The van der Waals surface area contributed by atoms with Crippen LogP contribution in [0, 0.1) is 10.1 Å². The van der Waals surface area contributed by atoms with E-state index >= 15 is 0 Å². The van der Waals surface area contributed by atoms with Crippen LogP contribution < -0.4 is 5.32 Å². The number of rotatable bonds is 8. The van der Waals surface area contributed by atoms with Gasteiger partial charge in [-0.15, -0.1) is 0 Å². The number of hydrogen-bond donors (Lipinski definition) is 1. The van der Waals surface area contributed by atoms with Gasteiger partial charge in [-0.05, 0) is 12.8 Å². The van der Waals surface area contributed by atoms with E-state index in [2.05, 4.69) is 22.2 Å². The second-order valence-electron chi connectivity index (χ2n) is 3.41. The molecule has 0 saturated carbocycles. The zero-order valence-corrected chi connectivity index (χ0v) is 9.76. The molecule has 0 atom stereocenters. The number of hydrogen-bond acceptors (Lipinski definition) is 6. The Labute approximate surface area is 99.4 Å². The van der Waals surface area contributed by atoms with Crippen molar-refractivity contribution in [3.63, 3.8) is 0 Å². The molecule has 1 aromatic rings. The lowest BCUT2D eigenvalue weighted by Gasteiger charge is -2.04. The Balaban J connectivity index is 2.21. The van der Waals surface area contributed by atoms with Crippen LogP contribution in [0.4, 0.5) is 11.6 Å². The van der Waals surface area contributed by atoms with Crippen molar-refractivity contribution in [2.75, 3.05) is 25.1 Å². The number of aromatic nitrogens is 2. The van der Waals surface area contributed by atoms with Crippen LogP contribution in [0.2, 0.25) is 0 Å². The first kappa shape index (κ1) is 13.3. The van der Waals surface area contributed by atoms with Crippen molar-refractivity contribution in [3.8, 4) is 0 Å². The van der Waals surface area contributed by atoms with E-state index < -0.39 is 4.92 Å². The third kappa shape index (κ3) is 5.21. The molecule has 1 heterocycles. The predicted octanol–water partition coefficient (Wildman–Crippen LogP) is 1.61. The van der Waals surface area contributed by atoms with Gasteiger partial charge in [0.25, 0.3) is 0 Å². The van der Waals surface area contributed by atoms with Gasteiger partial charge in [-0.25, -0.2) is 9.97 Å². The van der Waals surface area contributed by atoms with Crippen LogP contribution in [0.5, 0.6) is 0 Å². The highest BCUT2D eigenvalue weighted by Gasteiger charge is 2.05. The Morgan fingerprint density at radius 2 is 2.12 bits per heavy atom. The standard InChI is InChI=1S/C10H16N4O3/c1-2-5-17-6-3-4-11-10-12-7-9(8-13-10)14(15)16/h7-8H,2-6H2,1H3,(H,11,12,13). The van der Waals surface area contributed by atoms with E-state index in [1.807, 2.05) is 0 Å². The predicted molar refractivity (Wildman–Crippen MR) is 62.9 cm³/mol. The molecule has 0 fully saturated rings. The van der Waals surface area contributed by atoms with Gasteiger partial charge in [0.05, 0.1) is 4.92 Å². The second kappa shape index (κ2) is 7.50. The lowest BCUT2D eigenvalue weighted by atomic mass is 10.4. The summed E-state index contributed by atoms with van der Waals surface area (Å²) >= 11 is 0. The van der Waals surface area contributed by atoms with Crippen LogP contribution in [0.1, 0.15) is 19.8 Å². The van der Waals surface area contributed by atoms with Crippen molar-refractivity contribution in [2.45, 2.75) is 19.8 Å². The average molecular weight is 240 g/mol. The highest BCUT2D eigenvalue weighted by molar-refractivity contribution is 5.30. The normalized spacial score (nSPS) is 10.2. The van der Waals surface area contributed by atoms with Crippen LogP contribution in [0.3, 0.4) is 0 Å². The molecule has 0 amide bonds. The van der Waals surface area contributed by atoms with Crippen LogP contribution in [-0.2, 0) is 4.74 Å². The molecular weight excluding hydrogens is 224 g/mol. The quantitative estimate of drug-likeness (QED) is 0.422. The lowest BCUT2D eigenvalue weighted by molar-refractivity contribution is -0.385. The maximum absolute atomic E-state index is 10.4. The van der Waals surface area contributed by atoms with E-state index in [-0.39, 0.29) is 5.69 Å². The van der Waals surface area contributed by atoms with E-state index in [0.717, 1.165) is 19.4 Å². The lowest BCUT2D eigenvalue weighted by Crippen LogP contribution is -2.08. The fourth-order valence-electron chi connectivity index (χ4n) is 1.13. The number of nitrogens with one attached hydrogen (secondary N) is 1. The van der Waals surface area contributed by atoms with Crippen LogP contribution in [0.25, 0.3) is 0 Å². The first-order chi connectivity index (χ1) is 8.24. The van der Waals surface area contributed by atoms with Gasteiger partial charge in [-0.3, -0.25) is 10.1 Å². The van der Waals surface area contributed by atoms with E-state index in [1.54, 1.807) is 0 Å². The van der Waals surface area contributed by atoms with Crippen LogP contribution >= 0.6 is 0 Å². The molecular formula is C10H16N4O3. The summed E-state index contributed by atoms with van der Waals surface area (Å²) in [6.07, 6.45) is 4.23. The van der Waals surface area contributed by atoms with Gasteiger partial charge in [0.2, 0.25) is 5.95 Å². The minimum absolute atomic E-state index is 0.109. The van der Waals surface area contributed by atoms with Crippen LogP contribution in [0.15, 0.2) is 12.4 Å².